The molecule has 0 rings (SSSR count). The van der Waals surface area contributed by atoms with Gasteiger partial charge in [0.25, 0.3) is 0 Å². The van der Waals surface area contributed by atoms with E-state index in [0.29, 0.717) is 11.4 Å². The lowest BCUT2D eigenvalue weighted by Gasteiger charge is -2.28. The average Bonchev–Trinajstić information content (AvgIpc) is 2.19. The van der Waals surface area contributed by atoms with E-state index in [1.807, 2.05) is 0 Å². The van der Waals surface area contributed by atoms with Crippen LogP contribution in [0.15, 0.2) is 0 Å². The van der Waals surface area contributed by atoms with Gasteiger partial charge in [-0.3, -0.25) is 4.79 Å². The van der Waals surface area contributed by atoms with Gasteiger partial charge in [-0.1, -0.05) is 47.0 Å². The van der Waals surface area contributed by atoms with Crippen molar-refractivity contribution in [1.29, 1.82) is 0 Å². The molecule has 0 aromatic rings. The summed E-state index contributed by atoms with van der Waals surface area (Å²) in [7, 11) is -0.142. The Kier molecular flexibility index (Phi) is 8.29. The summed E-state index contributed by atoms with van der Waals surface area (Å²) < 4.78 is 0. The van der Waals surface area contributed by atoms with Crippen molar-refractivity contribution < 1.29 is 4.79 Å². The fraction of sp³-hybridized carbons (Fsp3) is 0.933. The molecular weight excluding hydrogens is 227 g/mol. The molecule has 0 saturated heterocycles. The van der Waals surface area contributed by atoms with E-state index in [4.69, 9.17) is 0 Å². The third kappa shape index (κ3) is 8.77. The first kappa shape index (κ1) is 17.1. The number of carbonyl (C=O) groups is 1. The molecule has 0 amide bonds. The van der Waals surface area contributed by atoms with Crippen LogP contribution in [0.4, 0.5) is 0 Å². The van der Waals surface area contributed by atoms with E-state index in [2.05, 4.69) is 41.0 Å². The Balaban J connectivity index is 4.17. The van der Waals surface area contributed by atoms with Gasteiger partial charge in [0.2, 0.25) is 0 Å². The van der Waals surface area contributed by atoms with Gasteiger partial charge < -0.3 is 0 Å². The normalized spacial score (nSPS) is 14.1. The molecule has 0 radical (unpaired) electrons. The second-order valence-electron chi connectivity index (χ2n) is 6.52. The van der Waals surface area contributed by atoms with E-state index in [9.17, 15) is 4.79 Å². The van der Waals surface area contributed by atoms with Gasteiger partial charge in [-0.05, 0) is 31.6 Å². The van der Waals surface area contributed by atoms with Crippen molar-refractivity contribution in [2.45, 2.75) is 71.9 Å². The molecule has 0 aromatic heterocycles. The summed E-state index contributed by atoms with van der Waals surface area (Å²) in [6.07, 6.45) is 6.68. The maximum absolute atomic E-state index is 12.2. The molecule has 1 atom stereocenters. The monoisotopic (exact) mass is 258 g/mol. The first-order chi connectivity index (χ1) is 7.78. The predicted octanol–water partition coefficient (Wildman–Crippen LogP) is 5.07. The molecule has 0 bridgehead atoms. The summed E-state index contributed by atoms with van der Waals surface area (Å²) in [6, 6.07) is 0. The van der Waals surface area contributed by atoms with Gasteiger partial charge >= 0.3 is 0 Å². The number of hydrogen-bond acceptors (Lipinski definition) is 1. The number of ketones is 1. The van der Waals surface area contributed by atoms with Crippen LogP contribution in [0.2, 0.25) is 0 Å². The standard InChI is InChI=1S/C15H31OP/c1-7-8-9-10-11-13(16)14(17(5)6)12-15(2,3)4/h14H,7-12H2,1-6H3. The molecule has 0 aromatic carbocycles. The molecular formula is C15H31OP. The van der Waals surface area contributed by atoms with Crippen LogP contribution in [0, 0.1) is 5.41 Å². The summed E-state index contributed by atoms with van der Waals surface area (Å²) >= 11 is 0. The topological polar surface area (TPSA) is 17.1 Å². The fourth-order valence-corrected chi connectivity index (χ4v) is 3.67. The molecule has 2 heteroatoms. The van der Waals surface area contributed by atoms with Crippen molar-refractivity contribution in [2.75, 3.05) is 13.3 Å². The van der Waals surface area contributed by atoms with Gasteiger partial charge in [0.05, 0.1) is 0 Å². The first-order valence-electron chi connectivity index (χ1n) is 6.97. The van der Waals surface area contributed by atoms with Crippen LogP contribution in [-0.4, -0.2) is 24.8 Å². The van der Waals surface area contributed by atoms with Crippen LogP contribution in [0.25, 0.3) is 0 Å². The van der Waals surface area contributed by atoms with Crippen LogP contribution in [-0.2, 0) is 4.79 Å². The van der Waals surface area contributed by atoms with Crippen LogP contribution >= 0.6 is 7.92 Å². The third-order valence-electron chi connectivity index (χ3n) is 3.08. The molecule has 1 unspecified atom stereocenters. The zero-order valence-corrected chi connectivity index (χ0v) is 13.6. The van der Waals surface area contributed by atoms with E-state index >= 15 is 0 Å². The van der Waals surface area contributed by atoms with Crippen molar-refractivity contribution in [1.82, 2.24) is 0 Å². The van der Waals surface area contributed by atoms with Gasteiger partial charge in [-0.2, -0.15) is 0 Å². The van der Waals surface area contributed by atoms with Crippen molar-refractivity contribution in [3.05, 3.63) is 0 Å². The van der Waals surface area contributed by atoms with E-state index in [1.165, 1.54) is 19.3 Å². The Morgan fingerprint density at radius 2 is 1.71 bits per heavy atom. The van der Waals surface area contributed by atoms with E-state index in [0.717, 1.165) is 19.3 Å². The van der Waals surface area contributed by atoms with E-state index in [1.54, 1.807) is 0 Å². The zero-order valence-electron chi connectivity index (χ0n) is 12.7. The lowest BCUT2D eigenvalue weighted by Crippen LogP contribution is -2.24. The maximum Gasteiger partial charge on any atom is 0.140 e. The van der Waals surface area contributed by atoms with Crippen molar-refractivity contribution in [2.24, 2.45) is 5.41 Å². The number of Topliss-reactive ketones (excluding diaryl/α,β-unsaturated/α-hetero) is 1. The van der Waals surface area contributed by atoms with Crippen LogP contribution in [0.5, 0.6) is 0 Å². The summed E-state index contributed by atoms with van der Waals surface area (Å²) in [5, 5.41) is 0. The van der Waals surface area contributed by atoms with Crippen LogP contribution in [0.1, 0.15) is 66.2 Å². The summed E-state index contributed by atoms with van der Waals surface area (Å²) in [5.41, 5.74) is 0.600. The van der Waals surface area contributed by atoms with Crippen LogP contribution < -0.4 is 0 Å². The lowest BCUT2D eigenvalue weighted by atomic mass is 9.88. The molecule has 0 aliphatic rings. The molecule has 0 heterocycles. The van der Waals surface area contributed by atoms with Gasteiger partial charge in [0, 0.05) is 12.1 Å². The highest BCUT2D eigenvalue weighted by Gasteiger charge is 2.26. The Bertz CT molecular complexity index is 215. The number of unbranched alkanes of at least 4 members (excludes halogenated alkanes) is 3. The lowest BCUT2D eigenvalue weighted by molar-refractivity contribution is -0.119. The molecule has 102 valence electrons. The van der Waals surface area contributed by atoms with Gasteiger partial charge in [0.1, 0.15) is 5.78 Å². The summed E-state index contributed by atoms with van der Waals surface area (Å²) in [5.74, 6) is 0.520. The molecule has 0 N–H and O–H groups in total. The molecule has 0 aliphatic carbocycles. The van der Waals surface area contributed by atoms with Crippen molar-refractivity contribution >= 4 is 13.7 Å². The minimum absolute atomic E-state index is 0.142. The van der Waals surface area contributed by atoms with Crippen molar-refractivity contribution in [3.8, 4) is 0 Å². The quantitative estimate of drug-likeness (QED) is 0.438. The molecule has 1 nitrogen and oxygen atoms in total. The Morgan fingerprint density at radius 3 is 2.12 bits per heavy atom. The number of rotatable bonds is 8. The van der Waals surface area contributed by atoms with Gasteiger partial charge in [0.15, 0.2) is 0 Å². The minimum Gasteiger partial charge on any atom is -0.299 e. The number of carbonyl (C=O) groups excluding carboxylic acids is 1. The second kappa shape index (κ2) is 8.25. The Morgan fingerprint density at radius 1 is 1.12 bits per heavy atom. The van der Waals surface area contributed by atoms with Gasteiger partial charge in [-0.25, -0.2) is 0 Å². The van der Waals surface area contributed by atoms with E-state index < -0.39 is 0 Å². The third-order valence-corrected chi connectivity index (χ3v) is 4.79. The molecule has 17 heavy (non-hydrogen) atoms. The molecule has 0 aliphatic heterocycles. The summed E-state index contributed by atoms with van der Waals surface area (Å²) in [4.78, 5) is 12.2. The van der Waals surface area contributed by atoms with Crippen LogP contribution in [0.3, 0.4) is 0 Å². The Hall–Kier alpha value is 0.100. The minimum atomic E-state index is -0.142. The Labute approximate surface area is 110 Å². The average molecular weight is 258 g/mol. The first-order valence-corrected chi connectivity index (χ1v) is 9.27. The highest BCUT2D eigenvalue weighted by Crippen LogP contribution is 2.40. The van der Waals surface area contributed by atoms with E-state index in [-0.39, 0.29) is 13.3 Å². The molecule has 0 spiro atoms. The highest BCUT2D eigenvalue weighted by molar-refractivity contribution is 7.57. The highest BCUT2D eigenvalue weighted by atomic mass is 31.1. The van der Waals surface area contributed by atoms with Crippen molar-refractivity contribution in [3.63, 3.8) is 0 Å². The smallest absolute Gasteiger partial charge is 0.140 e. The zero-order chi connectivity index (χ0) is 13.5. The fourth-order valence-electron chi connectivity index (χ4n) is 2.06. The predicted molar refractivity (Wildman–Crippen MR) is 80.4 cm³/mol. The molecule has 0 saturated carbocycles. The summed E-state index contributed by atoms with van der Waals surface area (Å²) in [6.45, 7) is 13.4. The molecule has 0 fully saturated rings. The second-order valence-corrected chi connectivity index (χ2v) is 9.07. The van der Waals surface area contributed by atoms with Gasteiger partial charge in [-0.15, -0.1) is 7.92 Å². The number of hydrogen-bond donors (Lipinski definition) is 0. The maximum atomic E-state index is 12.2. The SMILES string of the molecule is CCCCCCC(=O)C(CC(C)(C)C)P(C)C. The largest absolute Gasteiger partial charge is 0.299 e.